The molecule has 1 N–H and O–H groups in total. The molecule has 106 valence electrons. The van der Waals surface area contributed by atoms with Crippen LogP contribution in [-0.2, 0) is 17.8 Å². The molecule has 0 saturated carbocycles. The van der Waals surface area contributed by atoms with Crippen molar-refractivity contribution in [3.63, 3.8) is 0 Å². The third-order valence-electron chi connectivity index (χ3n) is 3.22. The summed E-state index contributed by atoms with van der Waals surface area (Å²) in [4.78, 5) is 0. The smallest absolute Gasteiger partial charge is 0.0641 e. The van der Waals surface area contributed by atoms with Gasteiger partial charge in [-0.3, -0.25) is 4.68 Å². The van der Waals surface area contributed by atoms with Gasteiger partial charge in [-0.2, -0.15) is 10.4 Å². The number of unbranched alkanes of at least 4 members (excludes halogenated alkanes) is 2. The van der Waals surface area contributed by atoms with Crippen LogP contribution in [0.1, 0.15) is 36.2 Å². The lowest BCUT2D eigenvalue weighted by molar-refractivity contribution is 0.199. The molecule has 1 aromatic heterocycles. The van der Waals surface area contributed by atoms with Gasteiger partial charge in [0.2, 0.25) is 0 Å². The Morgan fingerprint density at radius 3 is 2.84 bits per heavy atom. The van der Waals surface area contributed by atoms with Crippen molar-refractivity contribution in [2.24, 2.45) is 0 Å². The van der Waals surface area contributed by atoms with Gasteiger partial charge in [0.05, 0.1) is 18.4 Å². The van der Waals surface area contributed by atoms with Crippen LogP contribution < -0.4 is 5.32 Å². The third-order valence-corrected chi connectivity index (χ3v) is 3.22. The molecule has 0 aliphatic heterocycles. The van der Waals surface area contributed by atoms with Gasteiger partial charge in [-0.25, -0.2) is 0 Å². The van der Waals surface area contributed by atoms with Gasteiger partial charge in [0.25, 0.3) is 0 Å². The van der Waals surface area contributed by atoms with Crippen LogP contribution in [0.5, 0.6) is 0 Å². The first-order chi connectivity index (χ1) is 9.20. The van der Waals surface area contributed by atoms with Crippen molar-refractivity contribution in [2.45, 2.75) is 46.2 Å². The fraction of sp³-hybridized carbons (Fsp3) is 0.714. The standard InChI is InChI=1S/C14H24N4O/c1-12-14(11-16-8-10-19-3)13(2)18(17-12)9-6-4-5-7-15/h16H,4-6,8-11H2,1-3H3. The van der Waals surface area contributed by atoms with Gasteiger partial charge in [0.15, 0.2) is 0 Å². The topological polar surface area (TPSA) is 62.9 Å². The van der Waals surface area contributed by atoms with Crippen molar-refractivity contribution in [2.75, 3.05) is 20.3 Å². The average Bonchev–Trinajstić information content (AvgIpc) is 2.67. The van der Waals surface area contributed by atoms with E-state index in [0.29, 0.717) is 6.42 Å². The van der Waals surface area contributed by atoms with Crippen molar-refractivity contribution in [3.05, 3.63) is 17.0 Å². The second-order valence-electron chi connectivity index (χ2n) is 4.66. The van der Waals surface area contributed by atoms with Gasteiger partial charge in [0.1, 0.15) is 0 Å². The normalized spacial score (nSPS) is 10.6. The molecule has 0 aliphatic rings. The maximum atomic E-state index is 8.52. The van der Waals surface area contributed by atoms with Crippen molar-refractivity contribution < 1.29 is 4.74 Å². The predicted molar refractivity (Wildman–Crippen MR) is 74.7 cm³/mol. The van der Waals surface area contributed by atoms with E-state index in [1.54, 1.807) is 7.11 Å². The summed E-state index contributed by atoms with van der Waals surface area (Å²) in [5, 5.41) is 16.4. The van der Waals surface area contributed by atoms with Gasteiger partial charge < -0.3 is 10.1 Å². The third kappa shape index (κ3) is 5.01. The minimum absolute atomic E-state index is 0.630. The fourth-order valence-electron chi connectivity index (χ4n) is 2.06. The van der Waals surface area contributed by atoms with Crippen LogP contribution in [0.25, 0.3) is 0 Å². The number of aryl methyl sites for hydroxylation is 2. The molecule has 0 spiro atoms. The second kappa shape index (κ2) is 8.68. The maximum absolute atomic E-state index is 8.52. The number of nitrogens with one attached hydrogen (secondary N) is 1. The largest absolute Gasteiger partial charge is 0.383 e. The molecule has 0 saturated heterocycles. The highest BCUT2D eigenvalue weighted by Crippen LogP contribution is 2.13. The molecule has 0 atom stereocenters. The molecule has 1 rings (SSSR count). The zero-order valence-electron chi connectivity index (χ0n) is 12.2. The summed E-state index contributed by atoms with van der Waals surface area (Å²) in [6.45, 7) is 7.46. The Bertz CT molecular complexity index is 420. The van der Waals surface area contributed by atoms with E-state index in [-0.39, 0.29) is 0 Å². The van der Waals surface area contributed by atoms with Crippen LogP contribution in [-0.4, -0.2) is 30.0 Å². The molecule has 0 radical (unpaired) electrons. The van der Waals surface area contributed by atoms with E-state index >= 15 is 0 Å². The maximum Gasteiger partial charge on any atom is 0.0641 e. The Morgan fingerprint density at radius 1 is 1.37 bits per heavy atom. The second-order valence-corrected chi connectivity index (χ2v) is 4.66. The molecule has 5 nitrogen and oxygen atoms in total. The van der Waals surface area contributed by atoms with Crippen molar-refractivity contribution in [1.82, 2.24) is 15.1 Å². The number of nitrogens with zero attached hydrogens (tertiary/aromatic N) is 3. The van der Waals surface area contributed by atoms with Crippen LogP contribution >= 0.6 is 0 Å². The summed E-state index contributed by atoms with van der Waals surface area (Å²) in [6.07, 6.45) is 2.58. The van der Waals surface area contributed by atoms with E-state index in [9.17, 15) is 0 Å². The Labute approximate surface area is 115 Å². The number of hydrogen-bond acceptors (Lipinski definition) is 4. The van der Waals surface area contributed by atoms with Crippen LogP contribution in [0.2, 0.25) is 0 Å². The molecule has 19 heavy (non-hydrogen) atoms. The number of aromatic nitrogens is 2. The van der Waals surface area contributed by atoms with E-state index in [1.165, 1.54) is 11.3 Å². The van der Waals surface area contributed by atoms with E-state index in [0.717, 1.165) is 44.8 Å². The number of methoxy groups -OCH3 is 1. The van der Waals surface area contributed by atoms with Gasteiger partial charge >= 0.3 is 0 Å². The Morgan fingerprint density at radius 2 is 2.16 bits per heavy atom. The first-order valence-corrected chi connectivity index (χ1v) is 6.80. The van der Waals surface area contributed by atoms with Crippen molar-refractivity contribution >= 4 is 0 Å². The molecule has 0 aromatic carbocycles. The molecular formula is C14H24N4O. The molecule has 0 bridgehead atoms. The SMILES string of the molecule is COCCNCc1c(C)nn(CCCCC#N)c1C. The average molecular weight is 264 g/mol. The highest BCUT2D eigenvalue weighted by molar-refractivity contribution is 5.24. The summed E-state index contributed by atoms with van der Waals surface area (Å²) in [5.74, 6) is 0. The van der Waals surface area contributed by atoms with E-state index in [4.69, 9.17) is 10.00 Å². The van der Waals surface area contributed by atoms with Gasteiger partial charge in [-0.1, -0.05) is 0 Å². The molecule has 1 heterocycles. The Kier molecular flexibility index (Phi) is 7.16. The molecule has 0 aliphatic carbocycles. The van der Waals surface area contributed by atoms with Crippen LogP contribution in [0, 0.1) is 25.2 Å². The van der Waals surface area contributed by atoms with E-state index < -0.39 is 0 Å². The number of hydrogen-bond donors (Lipinski definition) is 1. The minimum Gasteiger partial charge on any atom is -0.383 e. The molecule has 5 heteroatoms. The lowest BCUT2D eigenvalue weighted by atomic mass is 10.2. The monoisotopic (exact) mass is 264 g/mol. The molecule has 0 amide bonds. The first kappa shape index (κ1) is 15.7. The van der Waals surface area contributed by atoms with E-state index in [1.807, 2.05) is 6.92 Å². The lowest BCUT2D eigenvalue weighted by Crippen LogP contribution is -2.19. The molecule has 0 unspecified atom stereocenters. The molecular weight excluding hydrogens is 240 g/mol. The summed E-state index contributed by atoms with van der Waals surface area (Å²) in [5.41, 5.74) is 3.58. The quantitative estimate of drug-likeness (QED) is 0.692. The van der Waals surface area contributed by atoms with E-state index in [2.05, 4.69) is 28.1 Å². The summed E-state index contributed by atoms with van der Waals surface area (Å²) in [7, 11) is 1.71. The van der Waals surface area contributed by atoms with Gasteiger partial charge in [-0.15, -0.1) is 0 Å². The minimum atomic E-state index is 0.630. The van der Waals surface area contributed by atoms with Gasteiger partial charge in [0, 0.05) is 44.4 Å². The van der Waals surface area contributed by atoms with Gasteiger partial charge in [-0.05, 0) is 26.7 Å². The summed E-state index contributed by atoms with van der Waals surface area (Å²) >= 11 is 0. The number of nitriles is 1. The summed E-state index contributed by atoms with van der Waals surface area (Å²) < 4.78 is 7.07. The fourth-order valence-corrected chi connectivity index (χ4v) is 2.06. The lowest BCUT2D eigenvalue weighted by Gasteiger charge is -2.06. The zero-order valence-corrected chi connectivity index (χ0v) is 12.2. The Balaban J connectivity index is 2.49. The van der Waals surface area contributed by atoms with Crippen LogP contribution in [0.4, 0.5) is 0 Å². The predicted octanol–water partition coefficient (Wildman–Crippen LogP) is 1.93. The van der Waals surface area contributed by atoms with Crippen molar-refractivity contribution in [1.29, 1.82) is 5.26 Å². The Hall–Kier alpha value is -1.38. The number of rotatable bonds is 9. The first-order valence-electron chi connectivity index (χ1n) is 6.80. The summed E-state index contributed by atoms with van der Waals surface area (Å²) in [6, 6.07) is 2.17. The van der Waals surface area contributed by atoms with Crippen LogP contribution in [0.15, 0.2) is 0 Å². The van der Waals surface area contributed by atoms with Crippen LogP contribution in [0.3, 0.4) is 0 Å². The molecule has 1 aromatic rings. The number of ether oxygens (including phenoxy) is 1. The van der Waals surface area contributed by atoms with Crippen molar-refractivity contribution in [3.8, 4) is 6.07 Å². The zero-order chi connectivity index (χ0) is 14.1. The molecule has 0 fully saturated rings. The highest BCUT2D eigenvalue weighted by Gasteiger charge is 2.10. The highest BCUT2D eigenvalue weighted by atomic mass is 16.5.